The van der Waals surface area contributed by atoms with E-state index in [1.54, 1.807) is 17.0 Å². The number of rotatable bonds is 6. The van der Waals surface area contributed by atoms with Crippen molar-refractivity contribution in [2.24, 2.45) is 16.6 Å². The van der Waals surface area contributed by atoms with Gasteiger partial charge in [0.1, 0.15) is 5.82 Å². The van der Waals surface area contributed by atoms with E-state index in [4.69, 9.17) is 5.73 Å². The maximum Gasteiger partial charge on any atom is 0.259 e. The molecule has 0 unspecified atom stereocenters. The molecule has 4 rings (SSSR count). The molecule has 1 heterocycles. The number of carbonyl (C=O) groups is 1. The lowest BCUT2D eigenvalue weighted by atomic mass is 9.78. The molecule has 1 aliphatic heterocycles. The van der Waals surface area contributed by atoms with Crippen molar-refractivity contribution in [1.29, 1.82) is 0 Å². The first-order valence-corrected chi connectivity index (χ1v) is 11.6. The summed E-state index contributed by atoms with van der Waals surface area (Å²) in [5, 5.41) is 11.7. The van der Waals surface area contributed by atoms with E-state index in [0.717, 1.165) is 31.2 Å². The number of nitrogens with zero attached hydrogens (tertiary/aromatic N) is 2. The number of amides is 1. The second-order valence-electron chi connectivity index (χ2n) is 9.06. The lowest BCUT2D eigenvalue weighted by molar-refractivity contribution is -0.160. The van der Waals surface area contributed by atoms with Crippen molar-refractivity contribution in [1.82, 2.24) is 4.90 Å². The molecule has 2 fully saturated rings. The molecule has 1 saturated carbocycles. The number of piperidine rings is 1. The largest absolute Gasteiger partial charge is 0.387 e. The molecule has 1 amide bonds. The van der Waals surface area contributed by atoms with Gasteiger partial charge < -0.3 is 15.7 Å². The Bertz CT molecular complexity index is 933. The molecule has 0 bridgehead atoms. The normalized spacial score (nSPS) is 20.3. The Morgan fingerprint density at radius 1 is 1.03 bits per heavy atom. The highest BCUT2D eigenvalue weighted by Crippen LogP contribution is 2.42. The smallest absolute Gasteiger partial charge is 0.259 e. The van der Waals surface area contributed by atoms with Crippen molar-refractivity contribution in [2.45, 2.75) is 56.6 Å². The minimum Gasteiger partial charge on any atom is -0.387 e. The number of carbonyl (C=O) groups excluding carboxylic acids is 1. The van der Waals surface area contributed by atoms with Crippen LogP contribution in [-0.4, -0.2) is 40.9 Å². The topological polar surface area (TPSA) is 78.9 Å². The first kappa shape index (κ1) is 22.5. The molecule has 32 heavy (non-hydrogen) atoms. The van der Waals surface area contributed by atoms with E-state index in [0.29, 0.717) is 43.8 Å². The number of hydrogen-bond donors (Lipinski definition) is 2. The highest BCUT2D eigenvalue weighted by Gasteiger charge is 2.48. The van der Waals surface area contributed by atoms with Crippen LogP contribution < -0.4 is 5.73 Å². The van der Waals surface area contributed by atoms with E-state index >= 15 is 0 Å². The Labute approximate surface area is 189 Å². The van der Waals surface area contributed by atoms with Crippen LogP contribution in [0.3, 0.4) is 0 Å². The number of benzene rings is 2. The van der Waals surface area contributed by atoms with E-state index < -0.39 is 5.60 Å². The van der Waals surface area contributed by atoms with Gasteiger partial charge in [-0.1, -0.05) is 55.3 Å². The fourth-order valence-corrected chi connectivity index (χ4v) is 5.10. The van der Waals surface area contributed by atoms with Crippen LogP contribution >= 0.6 is 0 Å². The Balaban J connectivity index is 1.41. The summed E-state index contributed by atoms with van der Waals surface area (Å²) in [5.41, 5.74) is 6.29. The third-order valence-electron chi connectivity index (χ3n) is 6.88. The van der Waals surface area contributed by atoms with Gasteiger partial charge in [-0.15, -0.1) is 0 Å². The zero-order valence-electron chi connectivity index (χ0n) is 18.4. The zero-order chi connectivity index (χ0) is 22.6. The Morgan fingerprint density at radius 3 is 2.28 bits per heavy atom. The van der Waals surface area contributed by atoms with E-state index in [1.165, 1.54) is 12.1 Å². The van der Waals surface area contributed by atoms with Crippen molar-refractivity contribution in [3.63, 3.8) is 0 Å². The standard InChI is InChI=1S/C26H32FN3O2/c27-22-12-10-19(11-13-22)18-24(28)29-23-14-16-30(17-15-23)25(31)26(32,21-8-4-5-9-21)20-6-2-1-3-7-20/h1-3,6-7,10-13,21,23,32H,4-5,8-9,14-18H2,(H2,28,29)/t26-/m0/s1. The fourth-order valence-electron chi connectivity index (χ4n) is 5.10. The SMILES string of the molecule is NC(Cc1ccc(F)cc1)=NC1CCN(C(=O)[C@](O)(c2ccccc2)C2CCCC2)CC1. The number of aliphatic imine (C=N–C) groups is 1. The van der Waals surface area contributed by atoms with Gasteiger partial charge in [-0.25, -0.2) is 4.39 Å². The zero-order valence-corrected chi connectivity index (χ0v) is 18.4. The van der Waals surface area contributed by atoms with Gasteiger partial charge in [-0.2, -0.15) is 0 Å². The molecule has 1 aliphatic carbocycles. The third-order valence-corrected chi connectivity index (χ3v) is 6.88. The molecule has 6 heteroatoms. The molecular weight excluding hydrogens is 405 g/mol. The number of amidine groups is 1. The monoisotopic (exact) mass is 437 g/mol. The number of likely N-dealkylation sites (tertiary alicyclic amines) is 1. The first-order chi connectivity index (χ1) is 15.5. The molecule has 1 atom stereocenters. The lowest BCUT2D eigenvalue weighted by Gasteiger charge is -2.40. The molecule has 2 aliphatic rings. The van der Waals surface area contributed by atoms with Gasteiger partial charge in [0.05, 0.1) is 11.9 Å². The molecule has 0 aromatic heterocycles. The molecular formula is C26H32FN3O2. The molecule has 2 aromatic carbocycles. The van der Waals surface area contributed by atoms with Crippen LogP contribution in [0.2, 0.25) is 0 Å². The van der Waals surface area contributed by atoms with E-state index in [2.05, 4.69) is 4.99 Å². The summed E-state index contributed by atoms with van der Waals surface area (Å²) in [4.78, 5) is 20.0. The Kier molecular flexibility index (Phi) is 6.89. The van der Waals surface area contributed by atoms with Gasteiger partial charge in [0.25, 0.3) is 5.91 Å². The number of hydrogen-bond acceptors (Lipinski definition) is 3. The Hall–Kier alpha value is -2.73. The van der Waals surface area contributed by atoms with E-state index in [9.17, 15) is 14.3 Å². The molecule has 0 spiro atoms. The second kappa shape index (κ2) is 9.82. The average Bonchev–Trinajstić information content (AvgIpc) is 3.36. The predicted octanol–water partition coefficient (Wildman–Crippen LogP) is 3.79. The molecule has 2 aromatic rings. The van der Waals surface area contributed by atoms with Gasteiger partial charge in [-0.05, 0) is 48.9 Å². The summed E-state index contributed by atoms with van der Waals surface area (Å²) >= 11 is 0. The number of nitrogens with two attached hydrogens (primary N) is 1. The molecule has 3 N–H and O–H groups in total. The third kappa shape index (κ3) is 4.85. The second-order valence-corrected chi connectivity index (χ2v) is 9.06. The van der Waals surface area contributed by atoms with E-state index in [1.807, 2.05) is 30.3 Å². The lowest BCUT2D eigenvalue weighted by Crippen LogP contribution is -2.53. The Morgan fingerprint density at radius 2 is 1.66 bits per heavy atom. The minimum absolute atomic E-state index is 0.0421. The molecule has 5 nitrogen and oxygen atoms in total. The highest BCUT2D eigenvalue weighted by molar-refractivity contribution is 5.87. The van der Waals surface area contributed by atoms with Gasteiger partial charge in [0.2, 0.25) is 0 Å². The van der Waals surface area contributed by atoms with Gasteiger partial charge in [0, 0.05) is 25.4 Å². The van der Waals surface area contributed by atoms with Crippen molar-refractivity contribution >= 4 is 11.7 Å². The summed E-state index contributed by atoms with van der Waals surface area (Å²) in [6.45, 7) is 1.11. The van der Waals surface area contributed by atoms with Crippen LogP contribution in [0.25, 0.3) is 0 Å². The summed E-state index contributed by atoms with van der Waals surface area (Å²) < 4.78 is 13.1. The van der Waals surface area contributed by atoms with Crippen LogP contribution in [0.5, 0.6) is 0 Å². The van der Waals surface area contributed by atoms with Crippen LogP contribution in [0.15, 0.2) is 59.6 Å². The van der Waals surface area contributed by atoms with Crippen molar-refractivity contribution < 1.29 is 14.3 Å². The minimum atomic E-state index is -1.46. The van der Waals surface area contributed by atoms with Gasteiger partial charge in [0.15, 0.2) is 5.60 Å². The summed E-state index contributed by atoms with van der Waals surface area (Å²) in [7, 11) is 0. The summed E-state index contributed by atoms with van der Waals surface area (Å²) in [6.07, 6.45) is 5.76. The summed E-state index contributed by atoms with van der Waals surface area (Å²) in [6, 6.07) is 15.7. The summed E-state index contributed by atoms with van der Waals surface area (Å²) in [5.74, 6) is 0.0271. The number of halogens is 1. The van der Waals surface area contributed by atoms with Crippen molar-refractivity contribution in [3.8, 4) is 0 Å². The molecule has 170 valence electrons. The van der Waals surface area contributed by atoms with Crippen LogP contribution in [-0.2, 0) is 16.8 Å². The highest BCUT2D eigenvalue weighted by atomic mass is 19.1. The first-order valence-electron chi connectivity index (χ1n) is 11.6. The van der Waals surface area contributed by atoms with Crippen LogP contribution in [0.4, 0.5) is 4.39 Å². The van der Waals surface area contributed by atoms with Gasteiger partial charge in [-0.3, -0.25) is 9.79 Å². The maximum absolute atomic E-state index is 13.6. The van der Waals surface area contributed by atoms with Crippen LogP contribution in [0, 0.1) is 11.7 Å². The maximum atomic E-state index is 13.6. The number of aliphatic hydroxyl groups is 1. The average molecular weight is 438 g/mol. The van der Waals surface area contributed by atoms with E-state index in [-0.39, 0.29) is 23.7 Å². The van der Waals surface area contributed by atoms with Crippen molar-refractivity contribution in [2.75, 3.05) is 13.1 Å². The van der Waals surface area contributed by atoms with Crippen LogP contribution in [0.1, 0.15) is 49.7 Å². The quantitative estimate of drug-likeness (QED) is 0.533. The van der Waals surface area contributed by atoms with Gasteiger partial charge >= 0.3 is 0 Å². The fraction of sp³-hybridized carbons (Fsp3) is 0.462. The molecule has 1 saturated heterocycles. The predicted molar refractivity (Wildman–Crippen MR) is 124 cm³/mol. The molecule has 0 radical (unpaired) electrons. The van der Waals surface area contributed by atoms with Crippen molar-refractivity contribution in [3.05, 3.63) is 71.5 Å².